The maximum Gasteiger partial charge on any atom is 0.338 e. The molecule has 0 amide bonds. The molecule has 0 aromatic heterocycles. The van der Waals surface area contributed by atoms with E-state index in [0.29, 0.717) is 17.9 Å². The third kappa shape index (κ3) is 4.78. The summed E-state index contributed by atoms with van der Waals surface area (Å²) >= 11 is 0. The Morgan fingerprint density at radius 3 is 2.61 bits per heavy atom. The van der Waals surface area contributed by atoms with Crippen LogP contribution in [0.3, 0.4) is 0 Å². The number of hydrogen-bond donors (Lipinski definition) is 1. The summed E-state index contributed by atoms with van der Waals surface area (Å²) in [5.74, 6) is -0.280. The fourth-order valence-corrected chi connectivity index (χ4v) is 1.72. The summed E-state index contributed by atoms with van der Waals surface area (Å²) in [6.45, 7) is 4.59. The molecule has 0 aliphatic rings. The second kappa shape index (κ2) is 7.75. The molecule has 0 heterocycles. The van der Waals surface area contributed by atoms with E-state index >= 15 is 0 Å². The van der Waals surface area contributed by atoms with Gasteiger partial charge >= 0.3 is 5.97 Å². The molecule has 0 aliphatic heterocycles. The highest BCUT2D eigenvalue weighted by atomic mass is 16.5. The van der Waals surface area contributed by atoms with E-state index in [0.717, 1.165) is 18.4 Å². The number of benzene rings is 1. The van der Waals surface area contributed by atoms with E-state index in [1.807, 2.05) is 13.0 Å². The van der Waals surface area contributed by atoms with Crippen molar-refractivity contribution in [2.24, 2.45) is 0 Å². The molecule has 0 saturated carbocycles. The Morgan fingerprint density at radius 1 is 1.22 bits per heavy atom. The monoisotopic (exact) mass is 249 g/mol. The van der Waals surface area contributed by atoms with Gasteiger partial charge in [-0.2, -0.15) is 0 Å². The second-order valence-electron chi connectivity index (χ2n) is 4.62. The van der Waals surface area contributed by atoms with Crippen molar-refractivity contribution in [1.29, 1.82) is 0 Å². The number of aryl methyl sites for hydroxylation is 1. The average Bonchev–Trinajstić information content (AvgIpc) is 2.36. The van der Waals surface area contributed by atoms with E-state index in [4.69, 9.17) is 10.5 Å². The van der Waals surface area contributed by atoms with Crippen molar-refractivity contribution in [3.8, 4) is 0 Å². The van der Waals surface area contributed by atoms with E-state index in [9.17, 15) is 4.79 Å². The smallest absolute Gasteiger partial charge is 0.338 e. The molecule has 0 bridgehead atoms. The van der Waals surface area contributed by atoms with Crippen molar-refractivity contribution in [1.82, 2.24) is 0 Å². The molecule has 1 aromatic carbocycles. The first kappa shape index (κ1) is 14.6. The average molecular weight is 249 g/mol. The summed E-state index contributed by atoms with van der Waals surface area (Å²) in [7, 11) is 0. The summed E-state index contributed by atoms with van der Waals surface area (Å²) in [5.41, 5.74) is 7.90. The Bertz CT molecular complexity index is 388. The minimum atomic E-state index is -0.280. The van der Waals surface area contributed by atoms with Gasteiger partial charge in [0, 0.05) is 5.69 Å². The number of unbranched alkanes of at least 4 members (excludes halogenated alkanes) is 4. The summed E-state index contributed by atoms with van der Waals surface area (Å²) in [6, 6.07) is 5.27. The number of esters is 1. The highest BCUT2D eigenvalue weighted by Crippen LogP contribution is 2.14. The number of hydrogen-bond acceptors (Lipinski definition) is 3. The SMILES string of the molecule is CCCCCCCOC(=O)c1ccc(C)c(N)c1. The number of carbonyl (C=O) groups excluding carboxylic acids is 1. The molecule has 100 valence electrons. The topological polar surface area (TPSA) is 52.3 Å². The van der Waals surface area contributed by atoms with Gasteiger partial charge in [0.2, 0.25) is 0 Å². The number of nitrogen functional groups attached to an aromatic ring is 1. The number of anilines is 1. The number of ether oxygens (including phenoxy) is 1. The van der Waals surface area contributed by atoms with Gasteiger partial charge in [-0.3, -0.25) is 0 Å². The molecular formula is C15H23NO2. The van der Waals surface area contributed by atoms with Crippen LogP contribution in [0.4, 0.5) is 5.69 Å². The van der Waals surface area contributed by atoms with Crippen LogP contribution in [0.2, 0.25) is 0 Å². The first-order chi connectivity index (χ1) is 8.65. The molecule has 3 nitrogen and oxygen atoms in total. The van der Waals surface area contributed by atoms with Gasteiger partial charge in [0.1, 0.15) is 0 Å². The van der Waals surface area contributed by atoms with Crippen LogP contribution in [0.1, 0.15) is 54.9 Å². The standard InChI is InChI=1S/C15H23NO2/c1-3-4-5-6-7-10-18-15(17)13-9-8-12(2)14(16)11-13/h8-9,11H,3-7,10,16H2,1-2H3. The van der Waals surface area contributed by atoms with Crippen LogP contribution in [0.5, 0.6) is 0 Å². The van der Waals surface area contributed by atoms with Crippen molar-refractivity contribution in [2.75, 3.05) is 12.3 Å². The highest BCUT2D eigenvalue weighted by Gasteiger charge is 2.07. The molecule has 0 aliphatic carbocycles. The molecule has 2 N–H and O–H groups in total. The Labute approximate surface area is 109 Å². The molecule has 1 aromatic rings. The fourth-order valence-electron chi connectivity index (χ4n) is 1.72. The molecule has 0 atom stereocenters. The van der Waals surface area contributed by atoms with Crippen molar-refractivity contribution in [3.05, 3.63) is 29.3 Å². The van der Waals surface area contributed by atoms with Gasteiger partial charge in [0.05, 0.1) is 12.2 Å². The maximum atomic E-state index is 11.7. The van der Waals surface area contributed by atoms with Gasteiger partial charge in [-0.25, -0.2) is 4.79 Å². The summed E-state index contributed by atoms with van der Waals surface area (Å²) in [6.07, 6.45) is 5.75. The van der Waals surface area contributed by atoms with Crippen molar-refractivity contribution in [3.63, 3.8) is 0 Å². The van der Waals surface area contributed by atoms with Crippen molar-refractivity contribution >= 4 is 11.7 Å². The molecule has 0 radical (unpaired) electrons. The van der Waals surface area contributed by atoms with Crippen LogP contribution >= 0.6 is 0 Å². The van der Waals surface area contributed by atoms with Crippen LogP contribution < -0.4 is 5.73 Å². The summed E-state index contributed by atoms with van der Waals surface area (Å²) in [5, 5.41) is 0. The molecule has 0 spiro atoms. The van der Waals surface area contributed by atoms with Crippen LogP contribution in [-0.2, 0) is 4.74 Å². The minimum Gasteiger partial charge on any atom is -0.462 e. The lowest BCUT2D eigenvalue weighted by Crippen LogP contribution is -2.07. The number of rotatable bonds is 7. The van der Waals surface area contributed by atoms with Crippen LogP contribution in [-0.4, -0.2) is 12.6 Å². The van der Waals surface area contributed by atoms with Gasteiger partial charge in [-0.1, -0.05) is 38.7 Å². The molecule has 1 rings (SSSR count). The van der Waals surface area contributed by atoms with E-state index < -0.39 is 0 Å². The highest BCUT2D eigenvalue weighted by molar-refractivity contribution is 5.90. The number of nitrogens with two attached hydrogens (primary N) is 1. The zero-order chi connectivity index (χ0) is 13.4. The van der Waals surface area contributed by atoms with E-state index in [1.54, 1.807) is 12.1 Å². The second-order valence-corrected chi connectivity index (χ2v) is 4.62. The van der Waals surface area contributed by atoms with Gasteiger partial charge < -0.3 is 10.5 Å². The molecule has 0 unspecified atom stereocenters. The van der Waals surface area contributed by atoms with Gasteiger partial charge in [0.15, 0.2) is 0 Å². The van der Waals surface area contributed by atoms with Crippen molar-refractivity contribution < 1.29 is 9.53 Å². The number of carbonyl (C=O) groups is 1. The van der Waals surface area contributed by atoms with Gasteiger partial charge in [-0.05, 0) is 31.0 Å². The van der Waals surface area contributed by atoms with E-state index in [2.05, 4.69) is 6.92 Å². The predicted molar refractivity (Wildman–Crippen MR) is 74.6 cm³/mol. The first-order valence-corrected chi connectivity index (χ1v) is 6.68. The third-order valence-electron chi connectivity index (χ3n) is 3.00. The summed E-state index contributed by atoms with van der Waals surface area (Å²) in [4.78, 5) is 11.7. The summed E-state index contributed by atoms with van der Waals surface area (Å²) < 4.78 is 5.21. The van der Waals surface area contributed by atoms with Gasteiger partial charge in [0.25, 0.3) is 0 Å². The van der Waals surface area contributed by atoms with E-state index in [-0.39, 0.29) is 5.97 Å². The maximum absolute atomic E-state index is 11.7. The van der Waals surface area contributed by atoms with Crippen molar-refractivity contribution in [2.45, 2.75) is 46.0 Å². The lowest BCUT2D eigenvalue weighted by Gasteiger charge is -2.06. The molecule has 0 fully saturated rings. The minimum absolute atomic E-state index is 0.280. The van der Waals surface area contributed by atoms with Gasteiger partial charge in [-0.15, -0.1) is 0 Å². The Morgan fingerprint density at radius 2 is 1.94 bits per heavy atom. The molecule has 3 heteroatoms. The van der Waals surface area contributed by atoms with Crippen LogP contribution in [0.15, 0.2) is 18.2 Å². The largest absolute Gasteiger partial charge is 0.462 e. The zero-order valence-electron chi connectivity index (χ0n) is 11.4. The van der Waals surface area contributed by atoms with E-state index in [1.165, 1.54) is 19.3 Å². The zero-order valence-corrected chi connectivity index (χ0v) is 11.4. The Kier molecular flexibility index (Phi) is 6.26. The van der Waals surface area contributed by atoms with Crippen LogP contribution in [0.25, 0.3) is 0 Å². The lowest BCUT2D eigenvalue weighted by molar-refractivity contribution is 0.0498. The molecular weight excluding hydrogens is 226 g/mol. The first-order valence-electron chi connectivity index (χ1n) is 6.68. The van der Waals surface area contributed by atoms with Crippen LogP contribution in [0, 0.1) is 6.92 Å². The quantitative estimate of drug-likeness (QED) is 0.455. The predicted octanol–water partition coefficient (Wildman–Crippen LogP) is 3.70. The third-order valence-corrected chi connectivity index (χ3v) is 3.00. The lowest BCUT2D eigenvalue weighted by atomic mass is 10.1. The molecule has 18 heavy (non-hydrogen) atoms. The molecule has 0 saturated heterocycles. The normalized spacial score (nSPS) is 10.3. The Hall–Kier alpha value is -1.51. The fraction of sp³-hybridized carbons (Fsp3) is 0.533. The Balaban J connectivity index is 2.30.